The van der Waals surface area contributed by atoms with E-state index in [2.05, 4.69) is 29.1 Å². The van der Waals surface area contributed by atoms with E-state index >= 15 is 0 Å². The van der Waals surface area contributed by atoms with Crippen LogP contribution in [0, 0.1) is 0 Å². The van der Waals surface area contributed by atoms with Gasteiger partial charge in [-0.05, 0) is 30.5 Å². The Morgan fingerprint density at radius 1 is 1.17 bits per heavy atom. The molecule has 1 aromatic carbocycles. The van der Waals surface area contributed by atoms with Gasteiger partial charge in [-0.1, -0.05) is 26.0 Å². The number of amides is 1. The van der Waals surface area contributed by atoms with E-state index in [1.54, 1.807) is 6.20 Å². The second kappa shape index (κ2) is 9.07. The second-order valence-electron chi connectivity index (χ2n) is 7.72. The SMILES string of the molecule is CCC(CC)N1C(=O)Cc2cnc(Nc3ccc(C(O)N4CCOCC4)cc3)nc21. The van der Waals surface area contributed by atoms with Gasteiger partial charge in [0, 0.05) is 36.6 Å². The lowest BCUT2D eigenvalue weighted by atomic mass is 10.1. The number of hydrogen-bond donors (Lipinski definition) is 2. The highest BCUT2D eigenvalue weighted by atomic mass is 16.5. The summed E-state index contributed by atoms with van der Waals surface area (Å²) in [6, 6.07) is 7.76. The standard InChI is InChI=1S/C22H29N5O3/c1-3-18(4-2)27-19(28)13-16-14-23-22(25-20(16)27)24-17-7-5-15(6-8-17)21(29)26-9-11-30-12-10-26/h5-8,14,18,21,29H,3-4,9-13H2,1-2H3,(H,23,24,25). The van der Waals surface area contributed by atoms with Crippen molar-refractivity contribution in [2.45, 2.75) is 45.4 Å². The molecule has 1 fully saturated rings. The van der Waals surface area contributed by atoms with Crippen molar-refractivity contribution in [1.29, 1.82) is 0 Å². The lowest BCUT2D eigenvalue weighted by Gasteiger charge is -2.31. The van der Waals surface area contributed by atoms with Gasteiger partial charge in [0.1, 0.15) is 12.0 Å². The number of benzene rings is 1. The van der Waals surface area contributed by atoms with Crippen LogP contribution in [0.4, 0.5) is 17.5 Å². The molecule has 0 aliphatic carbocycles. The van der Waals surface area contributed by atoms with Crippen molar-refractivity contribution in [3.63, 3.8) is 0 Å². The maximum Gasteiger partial charge on any atom is 0.233 e. The van der Waals surface area contributed by atoms with Crippen LogP contribution in [0.1, 0.15) is 44.0 Å². The molecule has 0 saturated carbocycles. The first kappa shape index (κ1) is 20.7. The van der Waals surface area contributed by atoms with Crippen LogP contribution in [0.2, 0.25) is 0 Å². The maximum absolute atomic E-state index is 12.5. The number of aliphatic hydroxyl groups is 1. The zero-order valence-electron chi connectivity index (χ0n) is 17.5. The summed E-state index contributed by atoms with van der Waals surface area (Å²) in [5.74, 6) is 1.26. The predicted octanol–water partition coefficient (Wildman–Crippen LogP) is 2.62. The van der Waals surface area contributed by atoms with Crippen LogP contribution in [-0.2, 0) is 16.0 Å². The number of morpholine rings is 1. The largest absolute Gasteiger partial charge is 0.379 e. The monoisotopic (exact) mass is 411 g/mol. The molecule has 3 heterocycles. The molecule has 0 bridgehead atoms. The topological polar surface area (TPSA) is 90.8 Å². The number of carbonyl (C=O) groups is 1. The Kier molecular flexibility index (Phi) is 6.26. The van der Waals surface area contributed by atoms with Gasteiger partial charge >= 0.3 is 0 Å². The molecule has 0 radical (unpaired) electrons. The highest BCUT2D eigenvalue weighted by Gasteiger charge is 2.33. The molecule has 8 nitrogen and oxygen atoms in total. The number of aliphatic hydroxyl groups excluding tert-OH is 1. The number of nitrogens with one attached hydrogen (secondary N) is 1. The number of nitrogens with zero attached hydrogens (tertiary/aromatic N) is 4. The fourth-order valence-electron chi connectivity index (χ4n) is 4.09. The molecule has 30 heavy (non-hydrogen) atoms. The number of anilines is 3. The minimum atomic E-state index is -0.640. The van der Waals surface area contributed by atoms with Crippen molar-refractivity contribution >= 4 is 23.4 Å². The molecular weight excluding hydrogens is 382 g/mol. The van der Waals surface area contributed by atoms with Gasteiger partial charge in [0.25, 0.3) is 0 Å². The fraction of sp³-hybridized carbons (Fsp3) is 0.500. The van der Waals surface area contributed by atoms with Crippen molar-refractivity contribution in [2.75, 3.05) is 36.5 Å². The normalized spacial score (nSPS) is 18.0. The van der Waals surface area contributed by atoms with E-state index in [0.29, 0.717) is 31.4 Å². The molecule has 2 aromatic rings. The van der Waals surface area contributed by atoms with Gasteiger partial charge in [-0.25, -0.2) is 4.98 Å². The summed E-state index contributed by atoms with van der Waals surface area (Å²) in [4.78, 5) is 25.3. The highest BCUT2D eigenvalue weighted by molar-refractivity contribution is 6.00. The van der Waals surface area contributed by atoms with Crippen LogP contribution in [-0.4, -0.2) is 58.2 Å². The van der Waals surface area contributed by atoms with E-state index in [-0.39, 0.29) is 11.9 Å². The Hall–Kier alpha value is -2.55. The van der Waals surface area contributed by atoms with Crippen molar-refractivity contribution in [2.24, 2.45) is 0 Å². The zero-order chi connectivity index (χ0) is 21.1. The average molecular weight is 412 g/mol. The molecule has 1 saturated heterocycles. The Bertz CT molecular complexity index is 879. The van der Waals surface area contributed by atoms with Crippen LogP contribution < -0.4 is 10.2 Å². The third-order valence-corrected chi connectivity index (χ3v) is 5.84. The van der Waals surface area contributed by atoms with E-state index in [0.717, 1.165) is 42.7 Å². The van der Waals surface area contributed by atoms with Crippen molar-refractivity contribution in [1.82, 2.24) is 14.9 Å². The van der Waals surface area contributed by atoms with Crippen LogP contribution in [0.5, 0.6) is 0 Å². The summed E-state index contributed by atoms with van der Waals surface area (Å²) in [5, 5.41) is 13.8. The molecule has 8 heteroatoms. The molecule has 2 N–H and O–H groups in total. The van der Waals surface area contributed by atoms with E-state index in [1.165, 1.54) is 0 Å². The van der Waals surface area contributed by atoms with Crippen LogP contribution in [0.25, 0.3) is 0 Å². The minimum absolute atomic E-state index is 0.0894. The van der Waals surface area contributed by atoms with Gasteiger partial charge < -0.3 is 15.2 Å². The van der Waals surface area contributed by atoms with E-state index in [1.807, 2.05) is 34.1 Å². The lowest BCUT2D eigenvalue weighted by Crippen LogP contribution is -2.38. The summed E-state index contributed by atoms with van der Waals surface area (Å²) in [6.07, 6.45) is 3.24. The second-order valence-corrected chi connectivity index (χ2v) is 7.72. The third kappa shape index (κ3) is 4.16. The summed E-state index contributed by atoms with van der Waals surface area (Å²) in [6.45, 7) is 6.90. The highest BCUT2D eigenvalue weighted by Crippen LogP contribution is 2.31. The van der Waals surface area contributed by atoms with E-state index < -0.39 is 6.23 Å². The molecular formula is C22H29N5O3. The van der Waals surface area contributed by atoms with Gasteiger partial charge in [0.2, 0.25) is 11.9 Å². The van der Waals surface area contributed by atoms with E-state index in [9.17, 15) is 9.90 Å². The quantitative estimate of drug-likeness (QED) is 0.724. The summed E-state index contributed by atoms with van der Waals surface area (Å²) in [5.41, 5.74) is 2.54. The van der Waals surface area contributed by atoms with Gasteiger partial charge in [-0.15, -0.1) is 0 Å². The van der Waals surface area contributed by atoms with Crippen LogP contribution >= 0.6 is 0 Å². The van der Waals surface area contributed by atoms with Gasteiger partial charge in [-0.3, -0.25) is 14.6 Å². The Morgan fingerprint density at radius 2 is 1.87 bits per heavy atom. The molecule has 1 unspecified atom stereocenters. The van der Waals surface area contributed by atoms with Crippen molar-refractivity contribution < 1.29 is 14.6 Å². The summed E-state index contributed by atoms with van der Waals surface area (Å²) >= 11 is 0. The molecule has 0 spiro atoms. The average Bonchev–Trinajstić information content (AvgIpc) is 3.11. The number of rotatable bonds is 7. The Balaban J connectivity index is 1.48. The van der Waals surface area contributed by atoms with Crippen molar-refractivity contribution in [3.05, 3.63) is 41.6 Å². The molecule has 2 aliphatic heterocycles. The first-order valence-corrected chi connectivity index (χ1v) is 10.7. The van der Waals surface area contributed by atoms with Gasteiger partial charge in [0.05, 0.1) is 19.6 Å². The third-order valence-electron chi connectivity index (χ3n) is 5.84. The molecule has 4 rings (SSSR count). The minimum Gasteiger partial charge on any atom is -0.379 e. The lowest BCUT2D eigenvalue weighted by molar-refractivity contribution is -0.117. The molecule has 1 aromatic heterocycles. The summed E-state index contributed by atoms with van der Waals surface area (Å²) < 4.78 is 5.34. The Morgan fingerprint density at radius 3 is 2.53 bits per heavy atom. The molecule has 160 valence electrons. The number of fused-ring (bicyclic) bond motifs is 1. The number of carbonyl (C=O) groups excluding carboxylic acids is 1. The predicted molar refractivity (Wildman–Crippen MR) is 115 cm³/mol. The first-order chi connectivity index (χ1) is 14.6. The number of aromatic nitrogens is 2. The first-order valence-electron chi connectivity index (χ1n) is 10.7. The van der Waals surface area contributed by atoms with Crippen molar-refractivity contribution in [3.8, 4) is 0 Å². The molecule has 2 aliphatic rings. The van der Waals surface area contributed by atoms with Gasteiger partial charge in [-0.2, -0.15) is 4.98 Å². The Labute approximate surface area is 176 Å². The maximum atomic E-state index is 12.5. The molecule has 1 amide bonds. The van der Waals surface area contributed by atoms with Crippen LogP contribution in [0.3, 0.4) is 0 Å². The van der Waals surface area contributed by atoms with E-state index in [4.69, 9.17) is 4.74 Å². The zero-order valence-corrected chi connectivity index (χ0v) is 17.5. The molecule has 1 atom stereocenters. The van der Waals surface area contributed by atoms with Crippen LogP contribution in [0.15, 0.2) is 30.5 Å². The number of ether oxygens (including phenoxy) is 1. The number of hydrogen-bond acceptors (Lipinski definition) is 7. The smallest absolute Gasteiger partial charge is 0.233 e. The van der Waals surface area contributed by atoms with Gasteiger partial charge in [0.15, 0.2) is 0 Å². The fourth-order valence-corrected chi connectivity index (χ4v) is 4.09. The summed E-state index contributed by atoms with van der Waals surface area (Å²) in [7, 11) is 0.